The predicted octanol–water partition coefficient (Wildman–Crippen LogP) is 3.15. The van der Waals surface area contributed by atoms with E-state index in [9.17, 15) is 0 Å². The Labute approximate surface area is 117 Å². The molecule has 0 bridgehead atoms. The highest BCUT2D eigenvalue weighted by atomic mass is 28.2. The van der Waals surface area contributed by atoms with E-state index in [2.05, 4.69) is 50.7 Å². The third kappa shape index (κ3) is 4.67. The lowest BCUT2D eigenvalue weighted by Gasteiger charge is -2.43. The van der Waals surface area contributed by atoms with Crippen LogP contribution in [0.25, 0.3) is 0 Å². The maximum absolute atomic E-state index is 2.87. The fourth-order valence-electron chi connectivity index (χ4n) is 3.22. The fraction of sp³-hybridized carbons (Fsp3) is 1.00. The zero-order chi connectivity index (χ0) is 13.7. The largest absolute Gasteiger partial charge is 0.312 e. The van der Waals surface area contributed by atoms with Crippen molar-refractivity contribution in [2.45, 2.75) is 97.8 Å². The monoisotopic (exact) mass is 270 g/mol. The summed E-state index contributed by atoms with van der Waals surface area (Å²) < 4.78 is 5.63. The van der Waals surface area contributed by atoms with E-state index in [-0.39, 0.29) is 9.84 Å². The van der Waals surface area contributed by atoms with E-state index < -0.39 is 0 Å². The summed E-state index contributed by atoms with van der Waals surface area (Å²) >= 11 is 0. The number of hydrogen-bond acceptors (Lipinski definition) is 2. The average Bonchev–Trinajstić information content (AvgIpc) is 2.29. The third-order valence-electron chi connectivity index (χ3n) is 4.36. The standard InChI is InChI=1S/C15H34N2Si/c1-12(2)16(13(3)4)18-17(14(5)6)15-10-8-7-9-11-15/h12-15H,7-11,18H2,1-6H3. The minimum Gasteiger partial charge on any atom is -0.312 e. The van der Waals surface area contributed by atoms with Crippen LogP contribution in [0.4, 0.5) is 0 Å². The molecule has 0 N–H and O–H groups in total. The molecule has 0 amide bonds. The first-order chi connectivity index (χ1) is 8.43. The van der Waals surface area contributed by atoms with Gasteiger partial charge in [0.1, 0.15) is 0 Å². The van der Waals surface area contributed by atoms with E-state index in [0.29, 0.717) is 12.1 Å². The maximum Gasteiger partial charge on any atom is 0.173 e. The normalized spacial score (nSPS) is 19.5. The second kappa shape index (κ2) is 7.66. The van der Waals surface area contributed by atoms with Gasteiger partial charge in [-0.05, 0) is 31.0 Å². The lowest BCUT2D eigenvalue weighted by molar-refractivity contribution is 0.189. The highest BCUT2D eigenvalue weighted by Crippen LogP contribution is 2.24. The molecule has 0 heterocycles. The van der Waals surface area contributed by atoms with Crippen LogP contribution in [0.15, 0.2) is 0 Å². The van der Waals surface area contributed by atoms with Gasteiger partial charge in [0, 0.05) is 6.04 Å². The van der Waals surface area contributed by atoms with Gasteiger partial charge in [0.25, 0.3) is 0 Å². The summed E-state index contributed by atoms with van der Waals surface area (Å²) in [7, 11) is -0.281. The van der Waals surface area contributed by atoms with Crippen molar-refractivity contribution >= 4 is 9.84 Å². The van der Waals surface area contributed by atoms with Crippen molar-refractivity contribution in [1.82, 2.24) is 9.13 Å². The van der Waals surface area contributed by atoms with Crippen LogP contribution in [0.3, 0.4) is 0 Å². The third-order valence-corrected chi connectivity index (χ3v) is 7.72. The first kappa shape index (κ1) is 16.2. The summed E-state index contributed by atoms with van der Waals surface area (Å²) in [4.78, 5) is 0. The van der Waals surface area contributed by atoms with Crippen LogP contribution in [0, 0.1) is 0 Å². The maximum atomic E-state index is 2.87. The van der Waals surface area contributed by atoms with Crippen LogP contribution in [-0.4, -0.2) is 43.1 Å². The van der Waals surface area contributed by atoms with Crippen molar-refractivity contribution in [1.29, 1.82) is 0 Å². The summed E-state index contributed by atoms with van der Waals surface area (Å²) in [6.07, 6.45) is 7.24. The summed E-state index contributed by atoms with van der Waals surface area (Å²) in [6.45, 7) is 14.2. The van der Waals surface area contributed by atoms with Crippen molar-refractivity contribution in [3.05, 3.63) is 0 Å². The Bertz CT molecular complexity index is 215. The Morgan fingerprint density at radius 1 is 0.778 bits per heavy atom. The smallest absolute Gasteiger partial charge is 0.173 e. The lowest BCUT2D eigenvalue weighted by atomic mass is 9.95. The Morgan fingerprint density at radius 3 is 1.67 bits per heavy atom. The van der Waals surface area contributed by atoms with Gasteiger partial charge in [0.05, 0.1) is 0 Å². The molecular formula is C15H34N2Si. The first-order valence-electron chi connectivity index (χ1n) is 7.95. The number of nitrogens with zero attached hydrogens (tertiary/aromatic N) is 2. The molecule has 0 unspecified atom stereocenters. The van der Waals surface area contributed by atoms with E-state index in [1.807, 2.05) is 0 Å². The molecule has 1 aliphatic carbocycles. The van der Waals surface area contributed by atoms with Gasteiger partial charge in [-0.15, -0.1) is 0 Å². The van der Waals surface area contributed by atoms with E-state index in [0.717, 1.165) is 12.1 Å². The van der Waals surface area contributed by atoms with Crippen LogP contribution in [0.2, 0.25) is 0 Å². The molecular weight excluding hydrogens is 236 g/mol. The number of rotatable bonds is 6. The SMILES string of the molecule is CC(C)N([SiH2]N(C(C)C)C1CCCCC1)C(C)C. The molecule has 0 saturated heterocycles. The molecule has 0 aromatic rings. The minimum absolute atomic E-state index is 0.281. The molecule has 0 aromatic carbocycles. The molecule has 0 spiro atoms. The van der Waals surface area contributed by atoms with Crippen molar-refractivity contribution in [3.8, 4) is 0 Å². The first-order valence-corrected chi connectivity index (χ1v) is 9.21. The molecule has 2 nitrogen and oxygen atoms in total. The molecule has 0 aliphatic heterocycles. The highest BCUT2D eigenvalue weighted by molar-refractivity contribution is 6.28. The van der Waals surface area contributed by atoms with Crippen LogP contribution in [0.1, 0.15) is 73.6 Å². The van der Waals surface area contributed by atoms with Gasteiger partial charge < -0.3 is 9.13 Å². The van der Waals surface area contributed by atoms with Crippen LogP contribution < -0.4 is 0 Å². The molecule has 1 saturated carbocycles. The highest BCUT2D eigenvalue weighted by Gasteiger charge is 2.26. The molecule has 3 heteroatoms. The molecule has 1 aliphatic rings. The van der Waals surface area contributed by atoms with Crippen molar-refractivity contribution in [2.24, 2.45) is 0 Å². The Kier molecular flexibility index (Phi) is 6.89. The zero-order valence-electron chi connectivity index (χ0n) is 13.4. The van der Waals surface area contributed by atoms with Crippen LogP contribution in [0.5, 0.6) is 0 Å². The predicted molar refractivity (Wildman–Crippen MR) is 84.5 cm³/mol. The van der Waals surface area contributed by atoms with Gasteiger partial charge in [0.15, 0.2) is 9.84 Å². The van der Waals surface area contributed by atoms with Crippen LogP contribution in [-0.2, 0) is 0 Å². The molecule has 0 aromatic heterocycles. The van der Waals surface area contributed by atoms with E-state index in [1.165, 1.54) is 32.1 Å². The summed E-state index contributed by atoms with van der Waals surface area (Å²) in [6, 6.07) is 2.99. The van der Waals surface area contributed by atoms with Gasteiger partial charge >= 0.3 is 0 Å². The molecule has 0 atom stereocenters. The zero-order valence-corrected chi connectivity index (χ0v) is 14.9. The summed E-state index contributed by atoms with van der Waals surface area (Å²) in [5, 5.41) is 0. The summed E-state index contributed by atoms with van der Waals surface area (Å²) in [5.74, 6) is 0. The van der Waals surface area contributed by atoms with Gasteiger partial charge in [-0.2, -0.15) is 0 Å². The number of hydrogen-bond donors (Lipinski definition) is 0. The topological polar surface area (TPSA) is 6.48 Å². The molecule has 108 valence electrons. The van der Waals surface area contributed by atoms with E-state index >= 15 is 0 Å². The Balaban J connectivity index is 2.65. The van der Waals surface area contributed by atoms with Gasteiger partial charge in [-0.3, -0.25) is 0 Å². The van der Waals surface area contributed by atoms with Gasteiger partial charge in [0.2, 0.25) is 0 Å². The second-order valence-electron chi connectivity index (χ2n) is 6.74. The van der Waals surface area contributed by atoms with Crippen molar-refractivity contribution in [3.63, 3.8) is 0 Å². The van der Waals surface area contributed by atoms with Crippen molar-refractivity contribution in [2.75, 3.05) is 0 Å². The lowest BCUT2D eigenvalue weighted by Crippen LogP contribution is -2.54. The molecule has 1 rings (SSSR count). The van der Waals surface area contributed by atoms with Crippen LogP contribution >= 0.6 is 0 Å². The van der Waals surface area contributed by atoms with Gasteiger partial charge in [-0.1, -0.05) is 60.8 Å². The second-order valence-corrected chi connectivity index (χ2v) is 8.49. The molecule has 0 radical (unpaired) electrons. The van der Waals surface area contributed by atoms with E-state index in [1.54, 1.807) is 0 Å². The quantitative estimate of drug-likeness (QED) is 0.684. The van der Waals surface area contributed by atoms with Crippen molar-refractivity contribution < 1.29 is 0 Å². The minimum atomic E-state index is -0.281. The molecule has 1 fully saturated rings. The van der Waals surface area contributed by atoms with E-state index in [4.69, 9.17) is 0 Å². The average molecular weight is 271 g/mol. The Morgan fingerprint density at radius 2 is 1.28 bits per heavy atom. The Hall–Kier alpha value is 0.137. The fourth-order valence-corrected chi connectivity index (χ4v) is 5.18. The van der Waals surface area contributed by atoms with Gasteiger partial charge in [-0.25, -0.2) is 0 Å². The summed E-state index contributed by atoms with van der Waals surface area (Å²) in [5.41, 5.74) is 0. The molecule has 18 heavy (non-hydrogen) atoms.